The van der Waals surface area contributed by atoms with Crippen LogP contribution in [0.2, 0.25) is 0 Å². The van der Waals surface area contributed by atoms with Crippen molar-refractivity contribution in [2.24, 2.45) is 0 Å². The molecule has 7 nitrogen and oxygen atoms in total. The molecule has 8 heteroatoms. The number of para-hydroxylation sites is 2. The summed E-state index contributed by atoms with van der Waals surface area (Å²) in [7, 11) is 0. The smallest absolute Gasteiger partial charge is 0.346 e. The molecule has 5 N–H and O–H groups in total. The number of aromatic nitrogens is 2. The number of aromatic carboxylic acids is 1. The second kappa shape index (κ2) is 9.87. The van der Waals surface area contributed by atoms with Crippen LogP contribution in [0.3, 0.4) is 0 Å². The number of allylic oxidation sites excluding steroid dienone is 1. The monoisotopic (exact) mass is 542 g/mol. The molecule has 0 radical (unpaired) electrons. The second-order valence-electron chi connectivity index (χ2n) is 10.7. The van der Waals surface area contributed by atoms with E-state index < -0.39 is 17.2 Å². The van der Waals surface area contributed by atoms with Crippen molar-refractivity contribution in [3.63, 3.8) is 0 Å². The normalized spacial score (nSPS) is 12.5. The van der Waals surface area contributed by atoms with E-state index in [1.807, 2.05) is 76.2 Å². The summed E-state index contributed by atoms with van der Waals surface area (Å²) in [4.78, 5) is 32.8. The molecule has 3 heterocycles. The molecule has 200 valence electrons. The lowest BCUT2D eigenvalue weighted by molar-refractivity contribution is 0.0702. The summed E-state index contributed by atoms with van der Waals surface area (Å²) in [5, 5.41) is 32.5. The van der Waals surface area contributed by atoms with Crippen molar-refractivity contribution in [3.05, 3.63) is 86.9 Å². The van der Waals surface area contributed by atoms with Crippen LogP contribution in [0.5, 0.6) is 5.75 Å². The molecule has 0 amide bonds. The molecule has 0 saturated heterocycles. The number of thiophene rings is 1. The molecule has 5 aromatic rings. The summed E-state index contributed by atoms with van der Waals surface area (Å²) in [6.07, 6.45) is 4.11. The van der Waals surface area contributed by atoms with Crippen molar-refractivity contribution in [1.29, 1.82) is 0 Å². The highest BCUT2D eigenvalue weighted by Crippen LogP contribution is 2.49. The average Bonchev–Trinajstić information content (AvgIpc) is 3.60. The standard InChI is InChI=1S/C31H30N2O5S/c1-16(15-34)12-13-17-8-7-10-18-20(14-32-24(17)18)25(35)28-26(36)23(27(39-28)30(37)38)22-19-9-5-6-11-21(19)33-29(22)31(2,3)4/h5-12,14,32-34,36H,13,15H2,1-4H3,(H,37,38). The Morgan fingerprint density at radius 3 is 2.41 bits per heavy atom. The number of aromatic amines is 2. The van der Waals surface area contributed by atoms with Crippen LogP contribution in [0.4, 0.5) is 0 Å². The number of hydrogen-bond donors (Lipinski definition) is 5. The first-order valence-corrected chi connectivity index (χ1v) is 13.4. The van der Waals surface area contributed by atoms with E-state index in [1.165, 1.54) is 0 Å². The van der Waals surface area contributed by atoms with Gasteiger partial charge in [-0.3, -0.25) is 4.79 Å². The van der Waals surface area contributed by atoms with Crippen LogP contribution in [0.1, 0.15) is 63.9 Å². The van der Waals surface area contributed by atoms with Gasteiger partial charge in [-0.1, -0.05) is 68.8 Å². The SMILES string of the molecule is CC(=CCc1cccc2c(C(=O)c3sc(C(=O)O)c(-c4c(C(C)(C)C)[nH]c5ccccc45)c3O)c[nH]c12)CO. The second-order valence-corrected chi connectivity index (χ2v) is 11.8. The van der Waals surface area contributed by atoms with E-state index >= 15 is 0 Å². The number of aliphatic hydroxyl groups excluding tert-OH is 1. The number of carbonyl (C=O) groups excluding carboxylic acids is 1. The molecule has 0 atom stereocenters. The lowest BCUT2D eigenvalue weighted by Gasteiger charge is -2.19. The molecule has 0 unspecified atom stereocenters. The minimum Gasteiger partial charge on any atom is -0.506 e. The first-order chi connectivity index (χ1) is 18.5. The van der Waals surface area contributed by atoms with Crippen molar-refractivity contribution >= 4 is 44.9 Å². The Morgan fingerprint density at radius 1 is 1.00 bits per heavy atom. The van der Waals surface area contributed by atoms with E-state index in [9.17, 15) is 24.9 Å². The first-order valence-electron chi connectivity index (χ1n) is 12.6. The molecular weight excluding hydrogens is 512 g/mol. The van der Waals surface area contributed by atoms with Crippen molar-refractivity contribution in [3.8, 4) is 16.9 Å². The largest absolute Gasteiger partial charge is 0.506 e. The van der Waals surface area contributed by atoms with Gasteiger partial charge in [0.15, 0.2) is 0 Å². The van der Waals surface area contributed by atoms with Crippen molar-refractivity contribution in [2.45, 2.75) is 39.5 Å². The molecule has 0 saturated carbocycles. The van der Waals surface area contributed by atoms with E-state index in [1.54, 1.807) is 6.20 Å². The van der Waals surface area contributed by atoms with E-state index in [-0.39, 0.29) is 27.7 Å². The van der Waals surface area contributed by atoms with Crippen LogP contribution in [0, 0.1) is 0 Å². The molecule has 0 spiro atoms. The van der Waals surface area contributed by atoms with Gasteiger partial charge in [0.2, 0.25) is 5.78 Å². The molecule has 0 aliphatic heterocycles. The van der Waals surface area contributed by atoms with Gasteiger partial charge in [0.25, 0.3) is 0 Å². The molecule has 0 aliphatic carbocycles. The number of ketones is 1. The molecule has 0 aliphatic rings. The fraction of sp³-hybridized carbons (Fsp3) is 0.226. The fourth-order valence-electron chi connectivity index (χ4n) is 4.97. The minimum absolute atomic E-state index is 0.0186. The number of H-pyrrole nitrogens is 2. The highest BCUT2D eigenvalue weighted by molar-refractivity contribution is 7.17. The Labute approximate surface area is 229 Å². The zero-order chi connectivity index (χ0) is 28.1. The third kappa shape index (κ3) is 4.56. The fourth-order valence-corrected chi connectivity index (χ4v) is 5.96. The van der Waals surface area contributed by atoms with Gasteiger partial charge in [-0.25, -0.2) is 4.79 Å². The van der Waals surface area contributed by atoms with Crippen molar-refractivity contribution in [2.75, 3.05) is 6.61 Å². The molecule has 5 rings (SSSR count). The first kappa shape index (κ1) is 26.5. The van der Waals surface area contributed by atoms with Crippen LogP contribution in [-0.4, -0.2) is 43.6 Å². The highest BCUT2D eigenvalue weighted by Gasteiger charge is 2.33. The third-order valence-electron chi connectivity index (χ3n) is 6.96. The Kier molecular flexibility index (Phi) is 6.70. The predicted molar refractivity (Wildman–Crippen MR) is 155 cm³/mol. The number of rotatable bonds is 7. The Bertz CT molecular complexity index is 1780. The Balaban J connectivity index is 1.69. The Morgan fingerprint density at radius 2 is 1.72 bits per heavy atom. The average molecular weight is 543 g/mol. The van der Waals surface area contributed by atoms with Gasteiger partial charge in [0.05, 0.1) is 12.2 Å². The van der Waals surface area contributed by atoms with Crippen LogP contribution in [0.15, 0.2) is 60.3 Å². The third-order valence-corrected chi connectivity index (χ3v) is 8.12. The summed E-state index contributed by atoms with van der Waals surface area (Å²) in [6.45, 7) is 7.86. The van der Waals surface area contributed by atoms with Crippen molar-refractivity contribution < 1.29 is 24.9 Å². The highest BCUT2D eigenvalue weighted by atomic mass is 32.1. The number of aromatic hydroxyl groups is 1. The summed E-state index contributed by atoms with van der Waals surface area (Å²) in [6, 6.07) is 13.2. The quantitative estimate of drug-likeness (QED) is 0.114. The number of carboxylic acid groups (broad SMARTS) is 1. The van der Waals surface area contributed by atoms with Crippen molar-refractivity contribution in [1.82, 2.24) is 9.97 Å². The lowest BCUT2D eigenvalue weighted by atomic mass is 9.86. The number of fused-ring (bicyclic) bond motifs is 2. The number of benzene rings is 2. The molecule has 0 bridgehead atoms. The maximum absolute atomic E-state index is 13.9. The molecule has 39 heavy (non-hydrogen) atoms. The van der Waals surface area contributed by atoms with E-state index in [2.05, 4.69) is 9.97 Å². The molecule has 2 aromatic carbocycles. The number of nitrogens with one attached hydrogen (secondary N) is 2. The van der Waals surface area contributed by atoms with Gasteiger partial charge in [-0.15, -0.1) is 11.3 Å². The maximum Gasteiger partial charge on any atom is 0.346 e. The van der Waals surface area contributed by atoms with Crippen LogP contribution in [-0.2, 0) is 11.8 Å². The predicted octanol–water partition coefficient (Wildman–Crippen LogP) is 6.79. The van der Waals surface area contributed by atoms with Crippen LogP contribution >= 0.6 is 11.3 Å². The van der Waals surface area contributed by atoms with Gasteiger partial charge in [0, 0.05) is 50.2 Å². The van der Waals surface area contributed by atoms with E-state index in [0.29, 0.717) is 22.9 Å². The number of carbonyl (C=O) groups is 2. The van der Waals surface area contributed by atoms with E-state index in [4.69, 9.17) is 0 Å². The summed E-state index contributed by atoms with van der Waals surface area (Å²) in [5.41, 5.74) is 4.89. The zero-order valence-electron chi connectivity index (χ0n) is 22.2. The van der Waals surface area contributed by atoms with E-state index in [0.717, 1.165) is 44.6 Å². The maximum atomic E-state index is 13.9. The van der Waals surface area contributed by atoms with Gasteiger partial charge in [0.1, 0.15) is 15.5 Å². The topological polar surface area (TPSA) is 126 Å². The molecular formula is C31H30N2O5S. The van der Waals surface area contributed by atoms with Gasteiger partial charge < -0.3 is 25.3 Å². The number of hydrogen-bond acceptors (Lipinski definition) is 5. The minimum atomic E-state index is -1.21. The van der Waals surface area contributed by atoms with Crippen LogP contribution < -0.4 is 0 Å². The lowest BCUT2D eigenvalue weighted by Crippen LogP contribution is -2.13. The van der Waals surface area contributed by atoms with Gasteiger partial charge in [-0.2, -0.15) is 0 Å². The zero-order valence-corrected chi connectivity index (χ0v) is 23.0. The summed E-state index contributed by atoms with van der Waals surface area (Å²) < 4.78 is 0. The summed E-state index contributed by atoms with van der Waals surface area (Å²) in [5.74, 6) is -1.99. The number of carboxylic acids is 1. The van der Waals surface area contributed by atoms with Crippen LogP contribution in [0.25, 0.3) is 32.9 Å². The Hall–Kier alpha value is -4.14. The molecule has 0 fully saturated rings. The summed E-state index contributed by atoms with van der Waals surface area (Å²) >= 11 is 0.792. The van der Waals surface area contributed by atoms with Gasteiger partial charge >= 0.3 is 5.97 Å². The number of aliphatic hydroxyl groups is 1. The molecule has 3 aromatic heterocycles. The van der Waals surface area contributed by atoms with Gasteiger partial charge in [-0.05, 0) is 25.0 Å².